The van der Waals surface area contributed by atoms with Crippen molar-refractivity contribution in [3.63, 3.8) is 0 Å². The van der Waals surface area contributed by atoms with Crippen LogP contribution in [0.15, 0.2) is 48.5 Å². The van der Waals surface area contributed by atoms with E-state index in [0.717, 1.165) is 5.56 Å². The smallest absolute Gasteiger partial charge is 0.260 e. The molecule has 1 heterocycles. The van der Waals surface area contributed by atoms with Gasteiger partial charge in [0.05, 0.1) is 17.8 Å². The molecule has 0 radical (unpaired) electrons. The van der Waals surface area contributed by atoms with E-state index >= 15 is 0 Å². The number of halogens is 3. The summed E-state index contributed by atoms with van der Waals surface area (Å²) in [5.74, 6) is -1.15. The molecule has 4 nitrogen and oxygen atoms in total. The van der Waals surface area contributed by atoms with Crippen LogP contribution in [-0.4, -0.2) is 15.7 Å². The zero-order valence-corrected chi connectivity index (χ0v) is 14.0. The maximum Gasteiger partial charge on any atom is 0.260 e. The zero-order chi connectivity index (χ0) is 18.0. The van der Waals surface area contributed by atoms with E-state index in [9.17, 15) is 13.6 Å². The van der Waals surface area contributed by atoms with Crippen molar-refractivity contribution in [3.05, 3.63) is 82.1 Å². The first-order valence-electron chi connectivity index (χ1n) is 7.48. The van der Waals surface area contributed by atoms with Crippen LogP contribution < -0.4 is 5.32 Å². The Morgan fingerprint density at radius 3 is 2.24 bits per heavy atom. The van der Waals surface area contributed by atoms with Crippen molar-refractivity contribution in [2.24, 2.45) is 0 Å². The molecule has 1 aromatic heterocycles. The Morgan fingerprint density at radius 2 is 1.64 bits per heavy atom. The molecular formula is C18H14ClF2N3O. The molecule has 0 spiro atoms. The van der Waals surface area contributed by atoms with Gasteiger partial charge in [0.25, 0.3) is 5.91 Å². The van der Waals surface area contributed by atoms with Gasteiger partial charge in [0.2, 0.25) is 0 Å². The standard InChI is InChI=1S/C18H14ClF2N3O/c1-11-16(18(25)22-15-8-6-14(21)7-9-15)17(19)24(23-11)10-12-2-4-13(20)5-3-12/h2-9H,10H2,1H3,(H,22,25). The van der Waals surface area contributed by atoms with E-state index in [1.165, 1.54) is 41.1 Å². The molecule has 3 aromatic rings. The summed E-state index contributed by atoms with van der Waals surface area (Å²) in [4.78, 5) is 12.5. The maximum absolute atomic E-state index is 13.0. The number of amides is 1. The summed E-state index contributed by atoms with van der Waals surface area (Å²) >= 11 is 6.30. The Labute approximate surface area is 148 Å². The number of hydrogen-bond donors (Lipinski definition) is 1. The zero-order valence-electron chi connectivity index (χ0n) is 13.3. The minimum Gasteiger partial charge on any atom is -0.322 e. The van der Waals surface area contributed by atoms with Crippen molar-refractivity contribution in [2.45, 2.75) is 13.5 Å². The van der Waals surface area contributed by atoms with Gasteiger partial charge in [-0.25, -0.2) is 13.5 Å². The third-order valence-electron chi connectivity index (χ3n) is 3.64. The van der Waals surface area contributed by atoms with Crippen LogP contribution in [0.5, 0.6) is 0 Å². The second-order valence-corrected chi connectivity index (χ2v) is 5.85. The molecular weight excluding hydrogens is 348 g/mol. The molecule has 0 bridgehead atoms. The number of hydrogen-bond acceptors (Lipinski definition) is 2. The Kier molecular flexibility index (Phi) is 4.81. The van der Waals surface area contributed by atoms with Gasteiger partial charge in [0.15, 0.2) is 0 Å². The predicted octanol–water partition coefficient (Wildman–Crippen LogP) is 4.42. The molecule has 128 valence electrons. The summed E-state index contributed by atoms with van der Waals surface area (Å²) in [5.41, 5.74) is 1.96. The summed E-state index contributed by atoms with van der Waals surface area (Å²) < 4.78 is 27.4. The van der Waals surface area contributed by atoms with E-state index in [0.29, 0.717) is 17.9 Å². The van der Waals surface area contributed by atoms with Gasteiger partial charge in [-0.15, -0.1) is 0 Å². The monoisotopic (exact) mass is 361 g/mol. The molecule has 0 saturated heterocycles. The molecule has 0 aliphatic heterocycles. The first-order chi connectivity index (χ1) is 11.9. The van der Waals surface area contributed by atoms with Gasteiger partial charge in [-0.1, -0.05) is 23.7 Å². The van der Waals surface area contributed by atoms with Crippen molar-refractivity contribution in [1.29, 1.82) is 0 Å². The Hall–Kier alpha value is -2.73. The highest BCUT2D eigenvalue weighted by atomic mass is 35.5. The van der Waals surface area contributed by atoms with Crippen molar-refractivity contribution in [3.8, 4) is 0 Å². The number of aryl methyl sites for hydroxylation is 1. The van der Waals surface area contributed by atoms with Crippen LogP contribution in [0.1, 0.15) is 21.6 Å². The minimum atomic E-state index is -0.431. The lowest BCUT2D eigenvalue weighted by Crippen LogP contribution is -2.13. The number of benzene rings is 2. The normalized spacial score (nSPS) is 10.7. The SMILES string of the molecule is Cc1nn(Cc2ccc(F)cc2)c(Cl)c1C(=O)Nc1ccc(F)cc1. The minimum absolute atomic E-state index is 0.182. The molecule has 0 saturated carbocycles. The summed E-state index contributed by atoms with van der Waals surface area (Å²) in [6.07, 6.45) is 0. The van der Waals surface area contributed by atoms with Crippen molar-refractivity contribution in [2.75, 3.05) is 5.32 Å². The number of carbonyl (C=O) groups excluding carboxylic acids is 1. The molecule has 0 aliphatic rings. The average molecular weight is 362 g/mol. The highest BCUT2D eigenvalue weighted by Crippen LogP contribution is 2.22. The third kappa shape index (κ3) is 3.85. The Bertz CT molecular complexity index is 905. The van der Waals surface area contributed by atoms with Crippen molar-refractivity contribution >= 4 is 23.2 Å². The maximum atomic E-state index is 13.0. The van der Waals surface area contributed by atoms with E-state index in [2.05, 4.69) is 10.4 Å². The van der Waals surface area contributed by atoms with Gasteiger partial charge in [0, 0.05) is 5.69 Å². The summed E-state index contributed by atoms with van der Waals surface area (Å²) in [6.45, 7) is 1.98. The highest BCUT2D eigenvalue weighted by molar-refractivity contribution is 6.33. The average Bonchev–Trinajstić information content (AvgIpc) is 2.85. The largest absolute Gasteiger partial charge is 0.322 e. The van der Waals surface area contributed by atoms with Gasteiger partial charge >= 0.3 is 0 Å². The summed E-state index contributed by atoms with van der Waals surface area (Å²) in [5, 5.41) is 7.12. The van der Waals surface area contributed by atoms with Crippen LogP contribution in [0.25, 0.3) is 0 Å². The number of aromatic nitrogens is 2. The van der Waals surface area contributed by atoms with Gasteiger partial charge in [-0.3, -0.25) is 4.79 Å². The van der Waals surface area contributed by atoms with Crippen molar-refractivity contribution < 1.29 is 13.6 Å². The topological polar surface area (TPSA) is 46.9 Å². The molecule has 0 aliphatic carbocycles. The van der Waals surface area contributed by atoms with E-state index < -0.39 is 5.91 Å². The van der Waals surface area contributed by atoms with Gasteiger partial charge in [0.1, 0.15) is 16.8 Å². The number of rotatable bonds is 4. The fraction of sp³-hybridized carbons (Fsp3) is 0.111. The highest BCUT2D eigenvalue weighted by Gasteiger charge is 2.20. The molecule has 0 atom stereocenters. The van der Waals surface area contributed by atoms with Crippen LogP contribution in [-0.2, 0) is 6.54 Å². The van der Waals surface area contributed by atoms with Crippen LogP contribution in [0.2, 0.25) is 5.15 Å². The first-order valence-corrected chi connectivity index (χ1v) is 7.86. The molecule has 2 aromatic carbocycles. The third-order valence-corrected chi connectivity index (χ3v) is 4.02. The predicted molar refractivity (Wildman–Crippen MR) is 91.8 cm³/mol. The van der Waals surface area contributed by atoms with E-state index in [-0.39, 0.29) is 22.4 Å². The molecule has 0 unspecified atom stereocenters. The van der Waals surface area contributed by atoms with Crippen LogP contribution in [0.4, 0.5) is 14.5 Å². The first kappa shape index (κ1) is 17.1. The van der Waals surface area contributed by atoms with Gasteiger partial charge in [-0.2, -0.15) is 5.10 Å². The molecule has 25 heavy (non-hydrogen) atoms. The second kappa shape index (κ2) is 7.03. The molecule has 1 N–H and O–H groups in total. The quantitative estimate of drug-likeness (QED) is 0.747. The lowest BCUT2D eigenvalue weighted by Gasteiger charge is -2.06. The van der Waals surface area contributed by atoms with Gasteiger partial charge in [-0.05, 0) is 48.9 Å². The fourth-order valence-corrected chi connectivity index (χ4v) is 2.73. The molecule has 1 amide bonds. The number of carbonyl (C=O) groups is 1. The van der Waals surface area contributed by atoms with Crippen LogP contribution in [0.3, 0.4) is 0 Å². The molecule has 0 fully saturated rings. The van der Waals surface area contributed by atoms with E-state index in [1.54, 1.807) is 19.1 Å². The Balaban J connectivity index is 1.82. The summed E-state index contributed by atoms with van der Waals surface area (Å²) in [6, 6.07) is 11.4. The lowest BCUT2D eigenvalue weighted by atomic mass is 10.2. The number of anilines is 1. The molecule has 7 heteroatoms. The van der Waals surface area contributed by atoms with Crippen molar-refractivity contribution in [1.82, 2.24) is 9.78 Å². The molecule has 3 rings (SSSR count). The number of nitrogens with one attached hydrogen (secondary N) is 1. The number of nitrogens with zero attached hydrogens (tertiary/aromatic N) is 2. The second-order valence-electron chi connectivity index (χ2n) is 5.50. The van der Waals surface area contributed by atoms with E-state index in [4.69, 9.17) is 11.6 Å². The van der Waals surface area contributed by atoms with E-state index in [1.807, 2.05) is 0 Å². The van der Waals surface area contributed by atoms with Gasteiger partial charge < -0.3 is 5.32 Å². The van der Waals surface area contributed by atoms with Crippen LogP contribution >= 0.6 is 11.6 Å². The van der Waals surface area contributed by atoms with Crippen LogP contribution in [0, 0.1) is 18.6 Å². The fourth-order valence-electron chi connectivity index (χ4n) is 2.41. The Morgan fingerprint density at radius 1 is 1.08 bits per heavy atom. The lowest BCUT2D eigenvalue weighted by molar-refractivity contribution is 0.102. The summed E-state index contributed by atoms with van der Waals surface area (Å²) in [7, 11) is 0.